The molecule has 0 spiro atoms. The number of benzene rings is 5. The average Bonchev–Trinajstić information content (AvgIpc) is 3.59. The molecule has 2 heterocycles. The van der Waals surface area contributed by atoms with Gasteiger partial charge in [0.2, 0.25) is 0 Å². The smallest absolute Gasteiger partial charge is 0.192 e. The zero-order chi connectivity index (χ0) is 32.6. The maximum Gasteiger partial charge on any atom is 0.192 e. The summed E-state index contributed by atoms with van der Waals surface area (Å²) >= 11 is 0. The molecule has 0 atom stereocenters. The number of para-hydroxylation sites is 2. The van der Waals surface area contributed by atoms with Crippen LogP contribution in [0.1, 0.15) is 28.7 Å². The zero-order valence-corrected chi connectivity index (χ0v) is 26.7. The van der Waals surface area contributed by atoms with Gasteiger partial charge in [-0.15, -0.1) is 0 Å². The summed E-state index contributed by atoms with van der Waals surface area (Å²) in [5.41, 5.74) is 4.58. The van der Waals surface area contributed by atoms with Gasteiger partial charge in [-0.25, -0.2) is 0 Å². The predicted octanol–water partition coefficient (Wildman–Crippen LogP) is 7.32. The molecule has 2 N–H and O–H groups in total. The highest BCUT2D eigenvalue weighted by Crippen LogP contribution is 2.47. The van der Waals surface area contributed by atoms with Crippen molar-refractivity contribution in [3.8, 4) is 0 Å². The van der Waals surface area contributed by atoms with E-state index in [1.807, 2.05) is 127 Å². The van der Waals surface area contributed by atoms with Gasteiger partial charge in [0.05, 0.1) is 37.1 Å². The summed E-state index contributed by atoms with van der Waals surface area (Å²) in [6.07, 6.45) is 9.14. The highest BCUT2D eigenvalue weighted by atomic mass is 16.3. The summed E-state index contributed by atoms with van der Waals surface area (Å²) < 4.78 is 0. The fraction of sp³-hybridized carbons (Fsp3) is 0.143. The first-order valence-electron chi connectivity index (χ1n) is 16.5. The molecule has 48 heavy (non-hydrogen) atoms. The van der Waals surface area contributed by atoms with Gasteiger partial charge in [-0.1, -0.05) is 152 Å². The van der Waals surface area contributed by atoms with Crippen LogP contribution in [0.4, 0.5) is 11.4 Å². The van der Waals surface area contributed by atoms with E-state index in [0.29, 0.717) is 26.4 Å². The van der Waals surface area contributed by atoms with Crippen LogP contribution < -0.4 is 9.80 Å². The van der Waals surface area contributed by atoms with Crippen molar-refractivity contribution in [2.24, 2.45) is 0 Å². The van der Waals surface area contributed by atoms with Crippen molar-refractivity contribution in [1.29, 1.82) is 0 Å². The van der Waals surface area contributed by atoms with Gasteiger partial charge in [-0.3, -0.25) is 0 Å². The standard InChI is InChI=1S/C42H38N4O2/c47-41(33-18-6-1-7-19-33,34-20-8-2-9-21-34)45-31-43(37-26-14-5-15-28-39(37)45)30-44-32-46(40-29-17-16-27-38(40)44)42(48,35-22-10-3-11-23-35)36-24-12-4-13-25-36/h1-27,29,47-48H,28,30-32H2. The number of aliphatic hydroxyl groups is 2. The minimum atomic E-state index is -1.40. The van der Waals surface area contributed by atoms with Crippen molar-refractivity contribution in [3.63, 3.8) is 0 Å². The minimum Gasteiger partial charge on any atom is -0.363 e. The van der Waals surface area contributed by atoms with Gasteiger partial charge in [0, 0.05) is 34.4 Å². The molecule has 3 aliphatic rings. The number of rotatable bonds is 8. The Morgan fingerprint density at radius 3 is 1.44 bits per heavy atom. The Labute approximate surface area is 282 Å². The predicted molar refractivity (Wildman–Crippen MR) is 191 cm³/mol. The van der Waals surface area contributed by atoms with E-state index in [1.54, 1.807) is 0 Å². The van der Waals surface area contributed by atoms with Crippen molar-refractivity contribution in [2.75, 3.05) is 29.8 Å². The Hall–Kier alpha value is -5.56. The number of allylic oxidation sites excluding steroid dienone is 4. The van der Waals surface area contributed by atoms with E-state index in [4.69, 9.17) is 0 Å². The molecule has 0 unspecified atom stereocenters. The Kier molecular flexibility index (Phi) is 7.60. The topological polar surface area (TPSA) is 53.4 Å². The SMILES string of the molecule is OC(c1ccccc1)(c1ccccc1)N1CN(CN2CN(C(O)(c3ccccc3)c3ccccc3)c3ccccc32)C2=C1CC=CC=C2. The van der Waals surface area contributed by atoms with Crippen molar-refractivity contribution < 1.29 is 10.2 Å². The fourth-order valence-electron chi connectivity index (χ4n) is 7.42. The number of fused-ring (bicyclic) bond motifs is 1. The van der Waals surface area contributed by atoms with Crippen LogP contribution in [0.2, 0.25) is 0 Å². The largest absolute Gasteiger partial charge is 0.363 e. The summed E-state index contributed by atoms with van der Waals surface area (Å²) in [7, 11) is 0. The van der Waals surface area contributed by atoms with Crippen molar-refractivity contribution in [1.82, 2.24) is 9.80 Å². The zero-order valence-electron chi connectivity index (χ0n) is 26.7. The lowest BCUT2D eigenvalue weighted by Gasteiger charge is -2.42. The van der Waals surface area contributed by atoms with Gasteiger partial charge in [0.1, 0.15) is 0 Å². The summed E-state index contributed by atoms with van der Waals surface area (Å²) in [5.74, 6) is 0. The third-order valence-electron chi connectivity index (χ3n) is 9.74. The molecule has 0 saturated carbocycles. The molecule has 0 bridgehead atoms. The Bertz CT molecular complexity index is 1900. The number of hydrogen-bond donors (Lipinski definition) is 2. The van der Waals surface area contributed by atoms with Crippen molar-refractivity contribution in [3.05, 3.63) is 204 Å². The van der Waals surface area contributed by atoms with Crippen molar-refractivity contribution >= 4 is 11.4 Å². The molecule has 6 heteroatoms. The van der Waals surface area contributed by atoms with E-state index in [1.165, 1.54) is 0 Å². The first kappa shape index (κ1) is 29.8. The molecule has 0 fully saturated rings. The van der Waals surface area contributed by atoms with Crippen molar-refractivity contribution in [2.45, 2.75) is 17.9 Å². The molecule has 8 rings (SSSR count). The fourth-order valence-corrected chi connectivity index (χ4v) is 7.42. The maximum absolute atomic E-state index is 12.9. The van der Waals surface area contributed by atoms with Gasteiger partial charge in [0.25, 0.3) is 0 Å². The van der Waals surface area contributed by atoms with Gasteiger partial charge < -0.3 is 29.8 Å². The minimum absolute atomic E-state index is 0.461. The van der Waals surface area contributed by atoms with Crippen LogP contribution in [0, 0.1) is 0 Å². The van der Waals surface area contributed by atoms with Crippen LogP contribution in [0.15, 0.2) is 181 Å². The van der Waals surface area contributed by atoms with Gasteiger partial charge in [-0.2, -0.15) is 0 Å². The molecule has 5 aromatic carbocycles. The van der Waals surface area contributed by atoms with Crippen LogP contribution in [0.3, 0.4) is 0 Å². The third kappa shape index (κ3) is 4.89. The lowest BCUT2D eigenvalue weighted by Crippen LogP contribution is -2.51. The van der Waals surface area contributed by atoms with E-state index in [2.05, 4.69) is 62.1 Å². The number of nitrogens with zero attached hydrogens (tertiary/aromatic N) is 4. The van der Waals surface area contributed by atoms with Gasteiger partial charge in [0.15, 0.2) is 11.4 Å². The van der Waals surface area contributed by atoms with E-state index in [-0.39, 0.29) is 0 Å². The van der Waals surface area contributed by atoms with Crippen LogP contribution in [0.5, 0.6) is 0 Å². The molecule has 6 nitrogen and oxygen atoms in total. The molecular weight excluding hydrogens is 592 g/mol. The second kappa shape index (κ2) is 12.2. The van der Waals surface area contributed by atoms with Crippen LogP contribution >= 0.6 is 0 Å². The first-order chi connectivity index (χ1) is 23.6. The van der Waals surface area contributed by atoms with Crippen LogP contribution in [-0.4, -0.2) is 40.0 Å². The van der Waals surface area contributed by atoms with E-state index in [9.17, 15) is 10.2 Å². The lowest BCUT2D eigenvalue weighted by molar-refractivity contribution is -0.0677. The molecule has 1 aliphatic carbocycles. The second-order valence-electron chi connectivity index (χ2n) is 12.5. The molecule has 0 radical (unpaired) electrons. The monoisotopic (exact) mass is 630 g/mol. The summed E-state index contributed by atoms with van der Waals surface area (Å²) in [6.45, 7) is 1.48. The highest BCUT2D eigenvalue weighted by molar-refractivity contribution is 5.78. The van der Waals surface area contributed by atoms with Gasteiger partial charge >= 0.3 is 0 Å². The Balaban J connectivity index is 1.19. The quantitative estimate of drug-likeness (QED) is 0.188. The second-order valence-corrected chi connectivity index (χ2v) is 12.5. The summed E-state index contributed by atoms with van der Waals surface area (Å²) in [4.78, 5) is 8.90. The Morgan fingerprint density at radius 1 is 0.479 bits per heavy atom. The van der Waals surface area contributed by atoms with Crippen LogP contribution in [-0.2, 0) is 11.4 Å². The summed E-state index contributed by atoms with van der Waals surface area (Å²) in [5, 5.41) is 25.7. The normalized spacial score (nSPS) is 16.0. The number of hydrogen-bond acceptors (Lipinski definition) is 6. The first-order valence-corrected chi connectivity index (χ1v) is 16.5. The summed E-state index contributed by atoms with van der Waals surface area (Å²) in [6, 6.07) is 48.0. The number of anilines is 2. The lowest BCUT2D eigenvalue weighted by atomic mass is 9.92. The van der Waals surface area contributed by atoms with E-state index < -0.39 is 11.4 Å². The van der Waals surface area contributed by atoms with E-state index in [0.717, 1.165) is 45.0 Å². The molecule has 238 valence electrons. The molecule has 2 aliphatic heterocycles. The average molecular weight is 631 g/mol. The Morgan fingerprint density at radius 2 is 0.917 bits per heavy atom. The highest BCUT2D eigenvalue weighted by Gasteiger charge is 2.47. The maximum atomic E-state index is 12.9. The van der Waals surface area contributed by atoms with Crippen LogP contribution in [0.25, 0.3) is 0 Å². The third-order valence-corrected chi connectivity index (χ3v) is 9.74. The molecule has 5 aromatic rings. The van der Waals surface area contributed by atoms with Gasteiger partial charge in [-0.05, 0) is 18.2 Å². The molecule has 0 aromatic heterocycles. The molecule has 0 saturated heterocycles. The molecule has 0 amide bonds. The molecular formula is C42H38N4O2. The van der Waals surface area contributed by atoms with E-state index >= 15 is 0 Å².